The van der Waals surface area contributed by atoms with Gasteiger partial charge in [0.25, 0.3) is 5.91 Å². The molecule has 2 aromatic carbocycles. The largest absolute Gasteiger partial charge is 0.493 e. The number of halogens is 1. The van der Waals surface area contributed by atoms with Crippen molar-refractivity contribution in [1.29, 1.82) is 0 Å². The molecule has 0 unspecified atom stereocenters. The van der Waals surface area contributed by atoms with Gasteiger partial charge in [0.2, 0.25) is 0 Å². The smallest absolute Gasteiger partial charge is 0.271 e. The summed E-state index contributed by atoms with van der Waals surface area (Å²) in [5, 5.41) is 3.96. The first kappa shape index (κ1) is 17.8. The van der Waals surface area contributed by atoms with Crippen molar-refractivity contribution in [2.24, 2.45) is 5.10 Å². The molecule has 24 heavy (non-hydrogen) atoms. The molecule has 3 N–H and O–H groups in total. The van der Waals surface area contributed by atoms with Gasteiger partial charge in [0.05, 0.1) is 24.4 Å². The number of methoxy groups -OCH3 is 1. The number of nitrogens with one attached hydrogen (secondary N) is 1. The van der Waals surface area contributed by atoms with Crippen molar-refractivity contribution in [3.05, 3.63) is 52.0 Å². The normalized spacial score (nSPS) is 10.6. The van der Waals surface area contributed by atoms with Crippen LogP contribution in [0.2, 0.25) is 0 Å². The maximum Gasteiger partial charge on any atom is 0.271 e. The van der Waals surface area contributed by atoms with Crippen molar-refractivity contribution in [2.45, 2.75) is 6.92 Å². The van der Waals surface area contributed by atoms with Gasteiger partial charge in [0, 0.05) is 11.3 Å². The Hall–Kier alpha value is -2.54. The molecule has 0 bridgehead atoms. The quantitative estimate of drug-likeness (QED) is 0.449. The molecule has 2 rings (SSSR count). The Balaban J connectivity index is 2.11. The summed E-state index contributed by atoms with van der Waals surface area (Å²) in [4.78, 5) is 12.0. The molecule has 0 atom stereocenters. The van der Waals surface area contributed by atoms with Gasteiger partial charge >= 0.3 is 0 Å². The molecule has 0 saturated heterocycles. The summed E-state index contributed by atoms with van der Waals surface area (Å²) < 4.78 is 11.6. The molecule has 0 aromatic heterocycles. The van der Waals surface area contributed by atoms with E-state index in [1.165, 1.54) is 6.21 Å². The third kappa shape index (κ3) is 4.48. The van der Waals surface area contributed by atoms with Crippen molar-refractivity contribution in [3.8, 4) is 11.5 Å². The van der Waals surface area contributed by atoms with Crippen LogP contribution in [0.15, 0.2) is 46.0 Å². The SMILES string of the molecule is CCOc1c(Br)cc(/C=N\NC(=O)c2cccc(N)c2)cc1OC. The van der Waals surface area contributed by atoms with Crippen molar-refractivity contribution in [2.75, 3.05) is 19.5 Å². The Labute approximate surface area is 148 Å². The minimum absolute atomic E-state index is 0.337. The van der Waals surface area contributed by atoms with E-state index < -0.39 is 0 Å². The minimum Gasteiger partial charge on any atom is -0.493 e. The fraction of sp³-hybridized carbons (Fsp3) is 0.176. The average Bonchev–Trinajstić information content (AvgIpc) is 2.57. The van der Waals surface area contributed by atoms with Crippen LogP contribution in [-0.2, 0) is 0 Å². The molecule has 0 heterocycles. The van der Waals surface area contributed by atoms with Crippen LogP contribution >= 0.6 is 15.9 Å². The van der Waals surface area contributed by atoms with Gasteiger partial charge in [-0.2, -0.15) is 5.10 Å². The van der Waals surface area contributed by atoms with Gasteiger partial charge in [-0.3, -0.25) is 4.79 Å². The highest BCUT2D eigenvalue weighted by molar-refractivity contribution is 9.10. The van der Waals surface area contributed by atoms with Crippen molar-refractivity contribution < 1.29 is 14.3 Å². The number of anilines is 1. The number of benzene rings is 2. The molecule has 1 amide bonds. The number of nitrogens with two attached hydrogens (primary N) is 1. The van der Waals surface area contributed by atoms with Gasteiger partial charge < -0.3 is 15.2 Å². The molecular weight excluding hydrogens is 374 g/mol. The van der Waals surface area contributed by atoms with E-state index in [2.05, 4.69) is 26.5 Å². The monoisotopic (exact) mass is 391 g/mol. The number of hydrazone groups is 1. The zero-order valence-electron chi connectivity index (χ0n) is 13.4. The van der Waals surface area contributed by atoms with E-state index in [0.717, 1.165) is 10.0 Å². The zero-order valence-corrected chi connectivity index (χ0v) is 15.0. The van der Waals surface area contributed by atoms with Crippen molar-refractivity contribution in [3.63, 3.8) is 0 Å². The van der Waals surface area contributed by atoms with E-state index in [9.17, 15) is 4.79 Å². The second-order valence-corrected chi connectivity index (χ2v) is 5.65. The van der Waals surface area contributed by atoms with Crippen LogP contribution in [0, 0.1) is 0 Å². The summed E-state index contributed by atoms with van der Waals surface area (Å²) in [6.07, 6.45) is 1.52. The molecule has 0 aliphatic carbocycles. The summed E-state index contributed by atoms with van der Waals surface area (Å²) in [6.45, 7) is 2.42. The number of hydrogen-bond donors (Lipinski definition) is 2. The Morgan fingerprint density at radius 2 is 2.17 bits per heavy atom. The summed E-state index contributed by atoms with van der Waals surface area (Å²) in [7, 11) is 1.56. The highest BCUT2D eigenvalue weighted by Gasteiger charge is 2.10. The number of rotatable bonds is 6. The van der Waals surface area contributed by atoms with E-state index in [1.807, 2.05) is 13.0 Å². The third-order valence-electron chi connectivity index (χ3n) is 3.07. The Kier molecular flexibility index (Phi) is 6.20. The molecule has 0 spiro atoms. The van der Waals surface area contributed by atoms with E-state index in [0.29, 0.717) is 29.4 Å². The Morgan fingerprint density at radius 1 is 1.38 bits per heavy atom. The maximum atomic E-state index is 12.0. The predicted octanol–water partition coefficient (Wildman–Crippen LogP) is 3.20. The summed E-state index contributed by atoms with van der Waals surface area (Å²) in [5.41, 5.74) is 9.82. The van der Waals surface area contributed by atoms with E-state index in [1.54, 1.807) is 37.4 Å². The lowest BCUT2D eigenvalue weighted by Gasteiger charge is -2.11. The molecule has 0 radical (unpaired) electrons. The molecular formula is C17H18BrN3O3. The third-order valence-corrected chi connectivity index (χ3v) is 3.66. The summed E-state index contributed by atoms with van der Waals surface area (Å²) in [5.74, 6) is 0.867. The number of hydrogen-bond acceptors (Lipinski definition) is 5. The van der Waals surface area contributed by atoms with Gasteiger partial charge in [-0.25, -0.2) is 5.43 Å². The van der Waals surface area contributed by atoms with Crippen molar-refractivity contribution >= 4 is 33.7 Å². The Bertz CT molecular complexity index is 763. The number of carbonyl (C=O) groups excluding carboxylic acids is 1. The number of nitrogen functional groups attached to an aromatic ring is 1. The second kappa shape index (κ2) is 8.35. The summed E-state index contributed by atoms with van der Waals surface area (Å²) in [6, 6.07) is 10.3. The fourth-order valence-corrected chi connectivity index (χ4v) is 2.58. The molecule has 7 heteroatoms. The molecule has 0 saturated carbocycles. The van der Waals surface area contributed by atoms with Crippen LogP contribution in [0.1, 0.15) is 22.8 Å². The topological polar surface area (TPSA) is 85.9 Å². The molecule has 0 aliphatic rings. The van der Waals surface area contributed by atoms with Gasteiger partial charge in [-0.15, -0.1) is 0 Å². The average molecular weight is 392 g/mol. The number of carbonyl (C=O) groups is 1. The van der Waals surface area contributed by atoms with Crippen LogP contribution in [0.4, 0.5) is 5.69 Å². The molecule has 6 nitrogen and oxygen atoms in total. The highest BCUT2D eigenvalue weighted by atomic mass is 79.9. The van der Waals surface area contributed by atoms with Gasteiger partial charge in [-0.1, -0.05) is 6.07 Å². The van der Waals surface area contributed by atoms with E-state index in [4.69, 9.17) is 15.2 Å². The number of nitrogens with zero attached hydrogens (tertiary/aromatic N) is 1. The number of amides is 1. The standard InChI is InChI=1S/C17H18BrN3O3/c1-3-24-16-14(18)7-11(8-15(16)23-2)10-20-21-17(22)12-5-4-6-13(19)9-12/h4-10H,3,19H2,1-2H3,(H,21,22)/b20-10-. The predicted molar refractivity (Wildman–Crippen MR) is 97.8 cm³/mol. The Morgan fingerprint density at radius 3 is 2.83 bits per heavy atom. The molecule has 0 fully saturated rings. The van der Waals surface area contributed by atoms with E-state index in [-0.39, 0.29) is 5.91 Å². The maximum absolute atomic E-state index is 12.0. The van der Waals surface area contributed by atoms with Crippen LogP contribution in [-0.4, -0.2) is 25.8 Å². The number of ether oxygens (including phenoxy) is 2. The lowest BCUT2D eigenvalue weighted by molar-refractivity contribution is 0.0955. The van der Waals surface area contributed by atoms with Gasteiger partial charge in [-0.05, 0) is 58.7 Å². The highest BCUT2D eigenvalue weighted by Crippen LogP contribution is 2.36. The first-order valence-corrected chi connectivity index (χ1v) is 8.03. The van der Waals surface area contributed by atoms with Crippen LogP contribution in [0.25, 0.3) is 0 Å². The van der Waals surface area contributed by atoms with E-state index >= 15 is 0 Å². The molecule has 126 valence electrons. The van der Waals surface area contributed by atoms with Crippen LogP contribution in [0.5, 0.6) is 11.5 Å². The van der Waals surface area contributed by atoms with Crippen molar-refractivity contribution in [1.82, 2.24) is 5.43 Å². The first-order valence-electron chi connectivity index (χ1n) is 7.24. The summed E-state index contributed by atoms with van der Waals surface area (Å²) >= 11 is 3.44. The van der Waals surface area contributed by atoms with Gasteiger partial charge in [0.15, 0.2) is 11.5 Å². The lowest BCUT2D eigenvalue weighted by atomic mass is 10.2. The minimum atomic E-state index is -0.337. The zero-order chi connectivity index (χ0) is 17.5. The molecule has 2 aromatic rings. The molecule has 0 aliphatic heterocycles. The van der Waals surface area contributed by atoms with Gasteiger partial charge in [0.1, 0.15) is 0 Å². The second-order valence-electron chi connectivity index (χ2n) is 4.79. The van der Waals surface area contributed by atoms with Crippen LogP contribution in [0.3, 0.4) is 0 Å². The fourth-order valence-electron chi connectivity index (χ4n) is 2.01. The van der Waals surface area contributed by atoms with Crippen LogP contribution < -0.4 is 20.6 Å². The first-order chi connectivity index (χ1) is 11.5. The lowest BCUT2D eigenvalue weighted by Crippen LogP contribution is -2.17.